The van der Waals surface area contributed by atoms with Crippen LogP contribution in [0.4, 0.5) is 4.39 Å². The molecule has 3 aromatic rings. The molecule has 0 amide bonds. The molecule has 1 aliphatic rings. The summed E-state index contributed by atoms with van der Waals surface area (Å²) in [4.78, 5) is 15.5. The fraction of sp³-hybridized carbons (Fsp3) is 0.250. The quantitative estimate of drug-likeness (QED) is 0.527. The maximum atomic E-state index is 14.4. The summed E-state index contributed by atoms with van der Waals surface area (Å²) in [6.07, 6.45) is 2.54. The summed E-state index contributed by atoms with van der Waals surface area (Å²) in [6.45, 7) is 4.06. The highest BCUT2D eigenvalue weighted by Gasteiger charge is 2.41. The Hall–Kier alpha value is -3.21. The van der Waals surface area contributed by atoms with E-state index in [2.05, 4.69) is 4.98 Å². The smallest absolute Gasteiger partial charge is 0.145 e. The van der Waals surface area contributed by atoms with E-state index in [0.29, 0.717) is 35.3 Å². The number of rotatable bonds is 7. The first-order chi connectivity index (χ1) is 14.0. The largest absolute Gasteiger partial charge is 0.493 e. The van der Waals surface area contributed by atoms with Gasteiger partial charge in [-0.3, -0.25) is 9.78 Å². The van der Waals surface area contributed by atoms with E-state index in [4.69, 9.17) is 9.47 Å². The molecular formula is C24H22FNO3. The molecule has 1 saturated carbocycles. The number of carbonyl (C=O) groups excluding carboxylic acids is 1. The lowest BCUT2D eigenvalue weighted by atomic mass is 10.0. The number of benzene rings is 2. The molecule has 1 heterocycles. The number of aryl methyl sites for hydroxylation is 1. The first kappa shape index (κ1) is 19.1. The molecule has 1 aliphatic carbocycles. The first-order valence-corrected chi connectivity index (χ1v) is 9.63. The van der Waals surface area contributed by atoms with Crippen molar-refractivity contribution in [1.82, 2.24) is 4.98 Å². The molecule has 0 radical (unpaired) electrons. The average molecular weight is 391 g/mol. The van der Waals surface area contributed by atoms with Crippen LogP contribution in [0.3, 0.4) is 0 Å². The van der Waals surface area contributed by atoms with Crippen molar-refractivity contribution in [2.24, 2.45) is 11.8 Å². The summed E-state index contributed by atoms with van der Waals surface area (Å²) < 4.78 is 26.0. The van der Waals surface area contributed by atoms with Gasteiger partial charge >= 0.3 is 0 Å². The summed E-state index contributed by atoms with van der Waals surface area (Å²) >= 11 is 0. The van der Waals surface area contributed by atoms with Crippen LogP contribution in [0, 0.1) is 24.6 Å². The Kier molecular flexibility index (Phi) is 5.30. The third kappa shape index (κ3) is 4.62. The van der Waals surface area contributed by atoms with Gasteiger partial charge in [0.1, 0.15) is 28.8 Å². The third-order valence-electron chi connectivity index (χ3n) is 5.13. The number of pyridine rings is 1. The highest BCUT2D eigenvalue weighted by Crippen LogP contribution is 2.39. The summed E-state index contributed by atoms with van der Waals surface area (Å²) in [5.74, 6) is 2.21. The Labute approximate surface area is 169 Å². The van der Waals surface area contributed by atoms with E-state index >= 15 is 0 Å². The zero-order valence-corrected chi connectivity index (χ0v) is 16.4. The lowest BCUT2D eigenvalue weighted by molar-refractivity contribution is -0.118. The van der Waals surface area contributed by atoms with Gasteiger partial charge in [0, 0.05) is 23.1 Å². The summed E-state index contributed by atoms with van der Waals surface area (Å²) in [5, 5.41) is 0. The van der Waals surface area contributed by atoms with Crippen LogP contribution in [-0.4, -0.2) is 17.4 Å². The molecule has 2 unspecified atom stereocenters. The lowest BCUT2D eigenvalue weighted by Crippen LogP contribution is -2.04. The number of aromatic nitrogens is 1. The minimum Gasteiger partial charge on any atom is -0.493 e. The Bertz CT molecular complexity index is 1020. The molecule has 0 aliphatic heterocycles. The molecule has 4 nitrogen and oxygen atoms in total. The fourth-order valence-electron chi connectivity index (χ4n) is 3.30. The number of hydrogen-bond acceptors (Lipinski definition) is 4. The number of carbonyl (C=O) groups is 1. The van der Waals surface area contributed by atoms with Crippen molar-refractivity contribution >= 4 is 5.78 Å². The van der Waals surface area contributed by atoms with E-state index in [1.807, 2.05) is 43.3 Å². The normalized spacial score (nSPS) is 17.6. The van der Waals surface area contributed by atoms with Gasteiger partial charge in [0.05, 0.1) is 12.8 Å². The highest BCUT2D eigenvalue weighted by molar-refractivity contribution is 5.81. The maximum absolute atomic E-state index is 14.4. The van der Waals surface area contributed by atoms with Crippen LogP contribution >= 0.6 is 0 Å². The van der Waals surface area contributed by atoms with Crippen molar-refractivity contribution < 1.29 is 18.7 Å². The van der Waals surface area contributed by atoms with Crippen LogP contribution in [0.5, 0.6) is 17.2 Å². The van der Waals surface area contributed by atoms with Crippen LogP contribution < -0.4 is 9.47 Å². The van der Waals surface area contributed by atoms with Crippen molar-refractivity contribution in [3.8, 4) is 28.4 Å². The molecule has 0 bridgehead atoms. The van der Waals surface area contributed by atoms with Crippen LogP contribution in [0.2, 0.25) is 0 Å². The summed E-state index contributed by atoms with van der Waals surface area (Å²) in [7, 11) is 0. The lowest BCUT2D eigenvalue weighted by Gasteiger charge is -2.10. The second-order valence-electron chi connectivity index (χ2n) is 7.43. The van der Waals surface area contributed by atoms with Gasteiger partial charge in [-0.25, -0.2) is 4.39 Å². The van der Waals surface area contributed by atoms with Gasteiger partial charge in [0.15, 0.2) is 0 Å². The minimum atomic E-state index is -0.324. The summed E-state index contributed by atoms with van der Waals surface area (Å²) in [5.41, 5.74) is 2.08. The Morgan fingerprint density at radius 3 is 2.45 bits per heavy atom. The number of ether oxygens (including phenoxy) is 2. The zero-order chi connectivity index (χ0) is 20.4. The van der Waals surface area contributed by atoms with Crippen molar-refractivity contribution in [2.45, 2.75) is 20.3 Å². The SMILES string of the molecule is CC(=O)C1CC1COc1ccc(-c2cc(Oc3ccc(C)nc3)ccc2F)cc1. The van der Waals surface area contributed by atoms with E-state index in [1.54, 1.807) is 25.3 Å². The number of Topliss-reactive ketones (excluding diaryl/α,β-unsaturated/α-hetero) is 1. The zero-order valence-electron chi connectivity index (χ0n) is 16.4. The van der Waals surface area contributed by atoms with Gasteiger partial charge in [-0.05, 0) is 68.3 Å². The van der Waals surface area contributed by atoms with Gasteiger partial charge in [-0.2, -0.15) is 0 Å². The standard InChI is InChI=1S/C24H22FNO3/c1-15-3-6-21(13-26-15)29-20-9-10-24(25)23(12-20)17-4-7-19(8-5-17)28-14-18-11-22(18)16(2)27/h3-10,12-13,18,22H,11,14H2,1-2H3. The topological polar surface area (TPSA) is 48.4 Å². The predicted molar refractivity (Wildman–Crippen MR) is 109 cm³/mol. The Morgan fingerprint density at radius 1 is 1.07 bits per heavy atom. The van der Waals surface area contributed by atoms with Gasteiger partial charge in [0.25, 0.3) is 0 Å². The maximum Gasteiger partial charge on any atom is 0.145 e. The molecule has 29 heavy (non-hydrogen) atoms. The summed E-state index contributed by atoms with van der Waals surface area (Å²) in [6, 6.07) is 15.6. The second-order valence-corrected chi connectivity index (χ2v) is 7.43. The van der Waals surface area contributed by atoms with Crippen LogP contribution in [-0.2, 0) is 4.79 Å². The van der Waals surface area contributed by atoms with E-state index in [1.165, 1.54) is 6.07 Å². The van der Waals surface area contributed by atoms with E-state index < -0.39 is 0 Å². The predicted octanol–water partition coefficient (Wildman–Crippen LogP) is 5.59. The molecule has 0 N–H and O–H groups in total. The Balaban J connectivity index is 1.44. The highest BCUT2D eigenvalue weighted by atomic mass is 19.1. The van der Waals surface area contributed by atoms with Crippen molar-refractivity contribution in [3.05, 3.63) is 72.3 Å². The van der Waals surface area contributed by atoms with Crippen molar-refractivity contribution in [3.63, 3.8) is 0 Å². The molecule has 2 aromatic carbocycles. The van der Waals surface area contributed by atoms with Gasteiger partial charge in [-0.15, -0.1) is 0 Å². The molecule has 5 heteroatoms. The number of halogens is 1. The third-order valence-corrected chi connectivity index (χ3v) is 5.13. The molecule has 1 aromatic heterocycles. The van der Waals surface area contributed by atoms with E-state index in [9.17, 15) is 9.18 Å². The van der Waals surface area contributed by atoms with E-state index in [-0.39, 0.29) is 17.5 Å². The first-order valence-electron chi connectivity index (χ1n) is 9.63. The van der Waals surface area contributed by atoms with Crippen LogP contribution in [0.25, 0.3) is 11.1 Å². The van der Waals surface area contributed by atoms with Crippen molar-refractivity contribution in [2.75, 3.05) is 6.61 Å². The fourth-order valence-corrected chi connectivity index (χ4v) is 3.30. The van der Waals surface area contributed by atoms with E-state index in [0.717, 1.165) is 17.7 Å². The molecular weight excluding hydrogens is 369 g/mol. The van der Waals surface area contributed by atoms with Crippen LogP contribution in [0.15, 0.2) is 60.8 Å². The molecule has 2 atom stereocenters. The average Bonchev–Trinajstić information content (AvgIpc) is 3.50. The molecule has 0 saturated heterocycles. The van der Waals surface area contributed by atoms with Crippen LogP contribution in [0.1, 0.15) is 19.0 Å². The number of nitrogens with zero attached hydrogens (tertiary/aromatic N) is 1. The molecule has 148 valence electrons. The second kappa shape index (κ2) is 8.03. The number of ketones is 1. The molecule has 0 spiro atoms. The monoisotopic (exact) mass is 391 g/mol. The van der Waals surface area contributed by atoms with Gasteiger partial charge < -0.3 is 9.47 Å². The van der Waals surface area contributed by atoms with Gasteiger partial charge in [-0.1, -0.05) is 12.1 Å². The molecule has 4 rings (SSSR count). The minimum absolute atomic E-state index is 0.148. The Morgan fingerprint density at radius 2 is 1.79 bits per heavy atom. The molecule has 1 fully saturated rings. The van der Waals surface area contributed by atoms with Gasteiger partial charge in [0.2, 0.25) is 0 Å². The number of hydrogen-bond donors (Lipinski definition) is 0. The van der Waals surface area contributed by atoms with Crippen molar-refractivity contribution in [1.29, 1.82) is 0 Å².